The third-order valence-electron chi connectivity index (χ3n) is 2.85. The molecule has 0 spiro atoms. The fourth-order valence-corrected chi connectivity index (χ4v) is 2.61. The van der Waals surface area contributed by atoms with Crippen LogP contribution in [0, 0.1) is 0 Å². The molecule has 0 aliphatic carbocycles. The van der Waals surface area contributed by atoms with Gasteiger partial charge < -0.3 is 4.90 Å². The number of thiazole rings is 1. The van der Waals surface area contributed by atoms with Crippen molar-refractivity contribution in [1.82, 2.24) is 15.4 Å². The number of amides is 1. The monoisotopic (exact) mass is 303 g/mol. The molecule has 0 atom stereocenters. The van der Waals surface area contributed by atoms with Gasteiger partial charge in [0.25, 0.3) is 5.91 Å². The average Bonchev–Trinajstić information content (AvgIpc) is 2.98. The number of carbonyl (C=O) groups is 1. The SMILES string of the molecule is CCN(CC)c1ncc(/C=N/NC(=O)c2ccncc2)s1. The van der Waals surface area contributed by atoms with Crippen LogP contribution in [-0.4, -0.2) is 35.2 Å². The van der Waals surface area contributed by atoms with Crippen molar-refractivity contribution in [2.45, 2.75) is 13.8 Å². The number of hydrogen-bond donors (Lipinski definition) is 1. The lowest BCUT2D eigenvalue weighted by molar-refractivity contribution is 0.0955. The second-order valence-electron chi connectivity index (χ2n) is 4.15. The molecule has 0 fully saturated rings. The van der Waals surface area contributed by atoms with Crippen LogP contribution in [-0.2, 0) is 0 Å². The van der Waals surface area contributed by atoms with E-state index in [9.17, 15) is 4.79 Å². The van der Waals surface area contributed by atoms with Gasteiger partial charge in [-0.2, -0.15) is 5.10 Å². The highest BCUT2D eigenvalue weighted by molar-refractivity contribution is 7.17. The van der Waals surface area contributed by atoms with Gasteiger partial charge in [-0.1, -0.05) is 11.3 Å². The zero-order valence-electron chi connectivity index (χ0n) is 12.0. The number of aromatic nitrogens is 2. The Morgan fingerprint density at radius 2 is 2.10 bits per heavy atom. The minimum Gasteiger partial charge on any atom is -0.349 e. The maximum absolute atomic E-state index is 11.8. The van der Waals surface area contributed by atoms with Crippen molar-refractivity contribution in [2.75, 3.05) is 18.0 Å². The Morgan fingerprint density at radius 1 is 1.38 bits per heavy atom. The normalized spacial score (nSPS) is 10.8. The van der Waals surface area contributed by atoms with Gasteiger partial charge in [0.1, 0.15) is 0 Å². The molecule has 0 saturated heterocycles. The molecule has 0 aliphatic rings. The first kappa shape index (κ1) is 15.1. The molecule has 0 saturated carbocycles. The first-order valence-corrected chi connectivity index (χ1v) is 7.50. The van der Waals surface area contributed by atoms with E-state index in [2.05, 4.69) is 39.2 Å². The van der Waals surface area contributed by atoms with Crippen LogP contribution < -0.4 is 10.3 Å². The molecule has 0 aliphatic heterocycles. The molecule has 1 N–H and O–H groups in total. The Bertz CT molecular complexity index is 607. The van der Waals surface area contributed by atoms with Gasteiger partial charge in [0.15, 0.2) is 5.13 Å². The molecule has 2 heterocycles. The summed E-state index contributed by atoms with van der Waals surface area (Å²) in [6.07, 6.45) is 6.49. The standard InChI is InChI=1S/C14H17N5OS/c1-3-19(4-2)14-16-9-12(21-14)10-17-18-13(20)11-5-7-15-8-6-11/h5-10H,3-4H2,1-2H3,(H,18,20)/b17-10+. The number of nitrogens with zero attached hydrogens (tertiary/aromatic N) is 4. The summed E-state index contributed by atoms with van der Waals surface area (Å²) in [4.78, 5) is 23.0. The number of nitrogens with one attached hydrogen (secondary N) is 1. The van der Waals surface area contributed by atoms with E-state index >= 15 is 0 Å². The van der Waals surface area contributed by atoms with Crippen LogP contribution in [0.3, 0.4) is 0 Å². The van der Waals surface area contributed by atoms with Crippen LogP contribution in [0.15, 0.2) is 35.8 Å². The lowest BCUT2D eigenvalue weighted by Crippen LogP contribution is -2.21. The first-order chi connectivity index (χ1) is 10.2. The molecule has 0 bridgehead atoms. The molecule has 1 amide bonds. The lowest BCUT2D eigenvalue weighted by Gasteiger charge is -2.16. The van der Waals surface area contributed by atoms with E-state index in [0.29, 0.717) is 5.56 Å². The van der Waals surface area contributed by atoms with Crippen LogP contribution in [0.25, 0.3) is 0 Å². The van der Waals surface area contributed by atoms with Crippen molar-refractivity contribution < 1.29 is 4.79 Å². The van der Waals surface area contributed by atoms with Crippen molar-refractivity contribution in [1.29, 1.82) is 0 Å². The molecular formula is C14H17N5OS. The van der Waals surface area contributed by atoms with E-state index in [1.54, 1.807) is 48.3 Å². The fraction of sp³-hybridized carbons (Fsp3) is 0.286. The minimum absolute atomic E-state index is 0.262. The van der Waals surface area contributed by atoms with Gasteiger partial charge in [0.2, 0.25) is 0 Å². The zero-order valence-corrected chi connectivity index (χ0v) is 12.8. The Morgan fingerprint density at radius 3 is 2.76 bits per heavy atom. The minimum atomic E-state index is -0.262. The molecular weight excluding hydrogens is 286 g/mol. The van der Waals surface area contributed by atoms with Gasteiger partial charge >= 0.3 is 0 Å². The number of hydrazone groups is 1. The molecule has 2 aromatic heterocycles. The quantitative estimate of drug-likeness (QED) is 0.655. The Hall–Kier alpha value is -2.28. The van der Waals surface area contributed by atoms with Gasteiger partial charge in [-0.15, -0.1) is 0 Å². The lowest BCUT2D eigenvalue weighted by atomic mass is 10.3. The van der Waals surface area contributed by atoms with E-state index in [1.165, 1.54) is 0 Å². The summed E-state index contributed by atoms with van der Waals surface area (Å²) in [7, 11) is 0. The van der Waals surface area contributed by atoms with E-state index in [4.69, 9.17) is 0 Å². The van der Waals surface area contributed by atoms with E-state index in [1.807, 2.05) is 0 Å². The summed E-state index contributed by atoms with van der Waals surface area (Å²) >= 11 is 1.54. The summed E-state index contributed by atoms with van der Waals surface area (Å²) in [5, 5.41) is 4.91. The van der Waals surface area contributed by atoms with E-state index in [0.717, 1.165) is 23.1 Å². The molecule has 7 heteroatoms. The van der Waals surface area contributed by atoms with Crippen LogP contribution in [0.5, 0.6) is 0 Å². The molecule has 21 heavy (non-hydrogen) atoms. The molecule has 6 nitrogen and oxygen atoms in total. The maximum Gasteiger partial charge on any atom is 0.271 e. The highest BCUT2D eigenvalue weighted by Crippen LogP contribution is 2.20. The van der Waals surface area contributed by atoms with Crippen molar-refractivity contribution >= 4 is 28.6 Å². The number of carbonyl (C=O) groups excluding carboxylic acids is 1. The highest BCUT2D eigenvalue weighted by atomic mass is 32.1. The smallest absolute Gasteiger partial charge is 0.271 e. The summed E-state index contributed by atoms with van der Waals surface area (Å²) in [6.45, 7) is 6.01. The third-order valence-corrected chi connectivity index (χ3v) is 3.84. The van der Waals surface area contributed by atoms with Crippen LogP contribution in [0.4, 0.5) is 5.13 Å². The van der Waals surface area contributed by atoms with Crippen molar-refractivity contribution in [3.05, 3.63) is 41.2 Å². The second kappa shape index (κ2) is 7.49. The second-order valence-corrected chi connectivity index (χ2v) is 5.19. The molecule has 2 aromatic rings. The topological polar surface area (TPSA) is 70.5 Å². The molecule has 0 unspecified atom stereocenters. The van der Waals surface area contributed by atoms with Gasteiger partial charge in [-0.3, -0.25) is 9.78 Å². The molecule has 110 valence electrons. The predicted octanol–water partition coefficient (Wildman–Crippen LogP) is 2.15. The van der Waals surface area contributed by atoms with Crippen molar-refractivity contribution in [3.63, 3.8) is 0 Å². The highest BCUT2D eigenvalue weighted by Gasteiger charge is 2.06. The van der Waals surface area contributed by atoms with Gasteiger partial charge in [0, 0.05) is 37.2 Å². The summed E-state index contributed by atoms with van der Waals surface area (Å²) in [5.74, 6) is -0.262. The average molecular weight is 303 g/mol. The van der Waals surface area contributed by atoms with E-state index < -0.39 is 0 Å². The summed E-state index contributed by atoms with van der Waals surface area (Å²) in [5.41, 5.74) is 3.01. The predicted molar refractivity (Wildman–Crippen MR) is 85.0 cm³/mol. The molecule has 0 radical (unpaired) electrons. The molecule has 0 aromatic carbocycles. The van der Waals surface area contributed by atoms with E-state index in [-0.39, 0.29) is 5.91 Å². The van der Waals surface area contributed by atoms with Crippen LogP contribution in [0.1, 0.15) is 29.1 Å². The summed E-state index contributed by atoms with van der Waals surface area (Å²) < 4.78 is 0. The largest absolute Gasteiger partial charge is 0.349 e. The Balaban J connectivity index is 1.94. The molecule has 2 rings (SSSR count). The zero-order chi connectivity index (χ0) is 15.1. The van der Waals surface area contributed by atoms with Gasteiger partial charge in [-0.25, -0.2) is 10.4 Å². The number of pyridine rings is 1. The van der Waals surface area contributed by atoms with Gasteiger partial charge in [0.05, 0.1) is 11.1 Å². The van der Waals surface area contributed by atoms with Crippen LogP contribution in [0.2, 0.25) is 0 Å². The van der Waals surface area contributed by atoms with Crippen molar-refractivity contribution in [3.8, 4) is 0 Å². The maximum atomic E-state index is 11.8. The van der Waals surface area contributed by atoms with Gasteiger partial charge in [-0.05, 0) is 26.0 Å². The Kier molecular flexibility index (Phi) is 5.39. The fourth-order valence-electron chi connectivity index (χ4n) is 1.70. The number of hydrogen-bond acceptors (Lipinski definition) is 6. The first-order valence-electron chi connectivity index (χ1n) is 6.68. The number of rotatable bonds is 6. The number of anilines is 1. The van der Waals surface area contributed by atoms with Crippen molar-refractivity contribution in [2.24, 2.45) is 5.10 Å². The Labute approximate surface area is 127 Å². The van der Waals surface area contributed by atoms with Crippen LogP contribution >= 0.6 is 11.3 Å². The third kappa shape index (κ3) is 4.09. The summed E-state index contributed by atoms with van der Waals surface area (Å²) in [6, 6.07) is 3.27.